The number of anilines is 1. The molecule has 0 saturated carbocycles. The van der Waals surface area contributed by atoms with Crippen molar-refractivity contribution in [2.75, 3.05) is 18.4 Å². The fourth-order valence-electron chi connectivity index (χ4n) is 2.45. The number of nitrogens with one attached hydrogen (secondary N) is 1. The summed E-state index contributed by atoms with van der Waals surface area (Å²) in [5, 5.41) is 2.96. The molecule has 3 N–H and O–H groups in total. The van der Waals surface area contributed by atoms with Gasteiger partial charge in [-0.15, -0.1) is 0 Å². The van der Waals surface area contributed by atoms with Crippen LogP contribution in [0.25, 0.3) is 0 Å². The van der Waals surface area contributed by atoms with Crippen LogP contribution in [0, 0.1) is 0 Å². The third-order valence-electron chi connectivity index (χ3n) is 3.94. The summed E-state index contributed by atoms with van der Waals surface area (Å²) in [6, 6.07) is 15.4. The minimum absolute atomic E-state index is 0.103. The molecule has 4 nitrogen and oxygen atoms in total. The molecule has 0 unspecified atom stereocenters. The topological polar surface area (TPSA) is 58.4 Å². The highest BCUT2D eigenvalue weighted by Gasteiger charge is 2.07. The zero-order chi connectivity index (χ0) is 16.7. The smallest absolute Gasteiger partial charge is 0.255 e. The summed E-state index contributed by atoms with van der Waals surface area (Å²) in [6.07, 6.45) is 0. The van der Waals surface area contributed by atoms with Gasteiger partial charge in [0, 0.05) is 24.3 Å². The highest BCUT2D eigenvalue weighted by atomic mass is 16.1. The van der Waals surface area contributed by atoms with E-state index in [9.17, 15) is 4.79 Å². The molecule has 2 aromatic carbocycles. The number of rotatable bonds is 7. The zero-order valence-electron chi connectivity index (χ0n) is 13.9. The molecule has 0 aliphatic carbocycles. The first-order chi connectivity index (χ1) is 11.2. The van der Waals surface area contributed by atoms with Crippen molar-refractivity contribution in [3.63, 3.8) is 0 Å². The number of nitrogens with zero attached hydrogens (tertiary/aromatic N) is 1. The second-order valence-corrected chi connectivity index (χ2v) is 5.52. The molecule has 1 amide bonds. The number of benzene rings is 2. The molecule has 0 saturated heterocycles. The lowest BCUT2D eigenvalue weighted by Crippen LogP contribution is -2.22. The Labute approximate surface area is 138 Å². The van der Waals surface area contributed by atoms with Gasteiger partial charge >= 0.3 is 0 Å². The predicted molar refractivity (Wildman–Crippen MR) is 95.4 cm³/mol. The Morgan fingerprint density at radius 1 is 1.04 bits per heavy atom. The van der Waals surface area contributed by atoms with Crippen LogP contribution >= 0.6 is 0 Å². The zero-order valence-corrected chi connectivity index (χ0v) is 13.9. The van der Waals surface area contributed by atoms with E-state index in [4.69, 9.17) is 5.73 Å². The molecule has 2 aromatic rings. The predicted octanol–water partition coefficient (Wildman–Crippen LogP) is 3.24. The van der Waals surface area contributed by atoms with Crippen LogP contribution in [-0.2, 0) is 13.1 Å². The highest BCUT2D eigenvalue weighted by Crippen LogP contribution is 2.14. The normalized spacial score (nSPS) is 10.8. The van der Waals surface area contributed by atoms with E-state index in [1.54, 1.807) is 12.1 Å². The molecule has 0 fully saturated rings. The number of amides is 1. The summed E-state index contributed by atoms with van der Waals surface area (Å²) in [4.78, 5) is 14.6. The monoisotopic (exact) mass is 311 g/mol. The average molecular weight is 311 g/mol. The van der Waals surface area contributed by atoms with Gasteiger partial charge < -0.3 is 11.1 Å². The van der Waals surface area contributed by atoms with Gasteiger partial charge in [0.2, 0.25) is 0 Å². The molecular weight excluding hydrogens is 286 g/mol. The van der Waals surface area contributed by atoms with Crippen LogP contribution in [0.2, 0.25) is 0 Å². The molecule has 0 aliphatic rings. The van der Waals surface area contributed by atoms with Gasteiger partial charge in [-0.05, 0) is 48.5 Å². The third-order valence-corrected chi connectivity index (χ3v) is 3.94. The number of nitrogens with two attached hydrogens (primary N) is 1. The first-order valence-electron chi connectivity index (χ1n) is 8.08. The van der Waals surface area contributed by atoms with Crippen LogP contribution in [-0.4, -0.2) is 23.9 Å². The van der Waals surface area contributed by atoms with Crippen molar-refractivity contribution >= 4 is 11.6 Å². The van der Waals surface area contributed by atoms with Gasteiger partial charge in [-0.1, -0.05) is 38.1 Å². The lowest BCUT2D eigenvalue weighted by molar-refractivity contribution is 0.102. The summed E-state index contributed by atoms with van der Waals surface area (Å²) in [5.41, 5.74) is 9.25. The van der Waals surface area contributed by atoms with E-state index in [0.717, 1.165) is 30.9 Å². The summed E-state index contributed by atoms with van der Waals surface area (Å²) in [7, 11) is 0. The molecule has 2 rings (SSSR count). The first-order valence-corrected chi connectivity index (χ1v) is 8.08. The molecule has 0 heterocycles. The Morgan fingerprint density at radius 2 is 1.74 bits per heavy atom. The first kappa shape index (κ1) is 17.2. The van der Waals surface area contributed by atoms with Gasteiger partial charge in [-0.25, -0.2) is 0 Å². The number of hydrogen-bond donors (Lipinski definition) is 2. The standard InChI is InChI=1S/C19H25N3O/c1-3-22(4-2)14-16-6-5-7-18(12-16)21-19(23)17-10-8-15(13-20)9-11-17/h5-12H,3-4,13-14,20H2,1-2H3,(H,21,23). The highest BCUT2D eigenvalue weighted by molar-refractivity contribution is 6.04. The summed E-state index contributed by atoms with van der Waals surface area (Å²) < 4.78 is 0. The average Bonchev–Trinajstić information content (AvgIpc) is 2.60. The molecule has 122 valence electrons. The molecule has 23 heavy (non-hydrogen) atoms. The maximum absolute atomic E-state index is 12.3. The summed E-state index contributed by atoms with van der Waals surface area (Å²) >= 11 is 0. The van der Waals surface area contributed by atoms with Gasteiger partial charge in [0.25, 0.3) is 5.91 Å². The van der Waals surface area contributed by atoms with Crippen molar-refractivity contribution in [2.45, 2.75) is 26.9 Å². The fourth-order valence-corrected chi connectivity index (χ4v) is 2.45. The van der Waals surface area contributed by atoms with Crippen LogP contribution in [0.1, 0.15) is 35.3 Å². The SMILES string of the molecule is CCN(CC)Cc1cccc(NC(=O)c2ccc(CN)cc2)c1. The van der Waals surface area contributed by atoms with Gasteiger partial charge in [0.15, 0.2) is 0 Å². The minimum Gasteiger partial charge on any atom is -0.326 e. The Bertz CT molecular complexity index is 633. The fraction of sp³-hybridized carbons (Fsp3) is 0.316. The maximum atomic E-state index is 12.3. The molecule has 0 aromatic heterocycles. The number of hydrogen-bond acceptors (Lipinski definition) is 3. The second kappa shape index (κ2) is 8.46. The molecule has 0 spiro atoms. The van der Waals surface area contributed by atoms with Crippen LogP contribution in [0.5, 0.6) is 0 Å². The van der Waals surface area contributed by atoms with Crippen LogP contribution in [0.3, 0.4) is 0 Å². The molecule has 0 radical (unpaired) electrons. The molecule has 0 atom stereocenters. The Balaban J connectivity index is 2.05. The quantitative estimate of drug-likeness (QED) is 0.825. The van der Waals surface area contributed by atoms with E-state index < -0.39 is 0 Å². The van der Waals surface area contributed by atoms with Gasteiger partial charge in [-0.2, -0.15) is 0 Å². The maximum Gasteiger partial charge on any atom is 0.255 e. The van der Waals surface area contributed by atoms with Crippen LogP contribution in [0.15, 0.2) is 48.5 Å². The van der Waals surface area contributed by atoms with E-state index in [2.05, 4.69) is 30.1 Å². The third kappa shape index (κ3) is 4.91. The lowest BCUT2D eigenvalue weighted by Gasteiger charge is -2.18. The van der Waals surface area contributed by atoms with Crippen molar-refractivity contribution in [3.8, 4) is 0 Å². The summed E-state index contributed by atoms with van der Waals surface area (Å²) in [5.74, 6) is -0.103. The van der Waals surface area contributed by atoms with Gasteiger partial charge in [0.1, 0.15) is 0 Å². The number of carbonyl (C=O) groups is 1. The van der Waals surface area contributed by atoms with Crippen molar-refractivity contribution in [1.82, 2.24) is 4.90 Å². The van der Waals surface area contributed by atoms with E-state index in [0.29, 0.717) is 12.1 Å². The van der Waals surface area contributed by atoms with Crippen molar-refractivity contribution in [2.24, 2.45) is 5.73 Å². The largest absolute Gasteiger partial charge is 0.326 e. The van der Waals surface area contributed by atoms with E-state index in [-0.39, 0.29) is 5.91 Å². The Hall–Kier alpha value is -2.17. The van der Waals surface area contributed by atoms with Crippen molar-refractivity contribution in [3.05, 3.63) is 65.2 Å². The van der Waals surface area contributed by atoms with Crippen molar-refractivity contribution < 1.29 is 4.79 Å². The molecule has 4 heteroatoms. The minimum atomic E-state index is -0.103. The second-order valence-electron chi connectivity index (χ2n) is 5.52. The Kier molecular flexibility index (Phi) is 6.32. The molecule has 0 aliphatic heterocycles. The summed E-state index contributed by atoms with van der Waals surface area (Å²) in [6.45, 7) is 7.71. The van der Waals surface area contributed by atoms with Crippen molar-refractivity contribution in [1.29, 1.82) is 0 Å². The molecular formula is C19H25N3O. The van der Waals surface area contributed by atoms with E-state index in [1.807, 2.05) is 30.3 Å². The Morgan fingerprint density at radius 3 is 2.35 bits per heavy atom. The molecule has 0 bridgehead atoms. The van der Waals surface area contributed by atoms with E-state index >= 15 is 0 Å². The van der Waals surface area contributed by atoms with Gasteiger partial charge in [0.05, 0.1) is 0 Å². The van der Waals surface area contributed by atoms with E-state index in [1.165, 1.54) is 5.56 Å². The van der Waals surface area contributed by atoms with Crippen LogP contribution in [0.4, 0.5) is 5.69 Å². The lowest BCUT2D eigenvalue weighted by atomic mass is 10.1. The van der Waals surface area contributed by atoms with Crippen LogP contribution < -0.4 is 11.1 Å². The number of carbonyl (C=O) groups excluding carboxylic acids is 1. The van der Waals surface area contributed by atoms with Gasteiger partial charge in [-0.3, -0.25) is 9.69 Å².